The first kappa shape index (κ1) is 10.9. The van der Waals surface area contributed by atoms with Crippen molar-refractivity contribution in [2.45, 2.75) is 39.2 Å². The van der Waals surface area contributed by atoms with Crippen LogP contribution in [0, 0.1) is 0 Å². The van der Waals surface area contributed by atoms with Crippen molar-refractivity contribution >= 4 is 8.41 Å². The first-order valence-corrected chi connectivity index (χ1v) is 2.84. The van der Waals surface area contributed by atoms with Crippen molar-refractivity contribution in [3.8, 4) is 0 Å². The number of hydrogen-bond acceptors (Lipinski definition) is 1. The van der Waals surface area contributed by atoms with Gasteiger partial charge in [0.2, 0.25) is 0 Å². The van der Waals surface area contributed by atoms with Crippen molar-refractivity contribution in [3.63, 3.8) is 0 Å². The molecule has 0 atom stereocenters. The molecule has 0 aliphatic rings. The summed E-state index contributed by atoms with van der Waals surface area (Å²) >= 11 is 0. The molecule has 0 aliphatic carbocycles. The highest BCUT2D eigenvalue weighted by atomic mass is 16.3. The Kier molecular flexibility index (Phi) is 5.40. The minimum absolute atomic E-state index is 0. The molecule has 0 aliphatic heterocycles. The summed E-state index contributed by atoms with van der Waals surface area (Å²) in [7, 11) is 0. The lowest BCUT2D eigenvalue weighted by molar-refractivity contribution is 0.0521. The quantitative estimate of drug-likeness (QED) is 0.517. The molecule has 0 spiro atoms. The molecule has 0 bridgehead atoms. The highest BCUT2D eigenvalue weighted by molar-refractivity contribution is 5.75. The first-order valence-electron chi connectivity index (χ1n) is 2.84. The molecular weight excluding hydrogens is 98.9 g/mol. The Labute approximate surface area is 53.7 Å². The molecule has 0 amide bonds. The fourth-order valence-corrected chi connectivity index (χ4v) is 0.250. The van der Waals surface area contributed by atoms with Crippen molar-refractivity contribution < 1.29 is 5.11 Å². The van der Waals surface area contributed by atoms with Crippen molar-refractivity contribution in [1.82, 2.24) is 0 Å². The lowest BCUT2D eigenvalue weighted by Gasteiger charge is -2.17. The Morgan fingerprint density at radius 2 is 1.50 bits per heavy atom. The standard InChI is InChI=1S/C6H14O.BH3/c1-4-6(3,7)5-2;/h7H,4-5H2,1-3H3;1H3. The molecule has 0 radical (unpaired) electrons. The fourth-order valence-electron chi connectivity index (χ4n) is 0.250. The molecule has 0 rings (SSSR count). The summed E-state index contributed by atoms with van der Waals surface area (Å²) in [6, 6.07) is 0. The second-order valence-electron chi connectivity index (χ2n) is 2.20. The van der Waals surface area contributed by atoms with Gasteiger partial charge in [0.25, 0.3) is 0 Å². The summed E-state index contributed by atoms with van der Waals surface area (Å²) in [6.07, 6.45) is 1.70. The summed E-state index contributed by atoms with van der Waals surface area (Å²) < 4.78 is 0. The van der Waals surface area contributed by atoms with Crippen LogP contribution in [0.3, 0.4) is 0 Å². The first-order chi connectivity index (χ1) is 3.12. The van der Waals surface area contributed by atoms with Crippen LogP contribution in [-0.4, -0.2) is 19.1 Å². The highest BCUT2D eigenvalue weighted by Gasteiger charge is 2.12. The van der Waals surface area contributed by atoms with E-state index in [1.54, 1.807) is 0 Å². The molecule has 1 N–H and O–H groups in total. The Morgan fingerprint density at radius 3 is 1.50 bits per heavy atom. The van der Waals surface area contributed by atoms with Crippen LogP contribution in [0.1, 0.15) is 33.6 Å². The molecular formula is C6H17BO. The van der Waals surface area contributed by atoms with Crippen molar-refractivity contribution in [2.75, 3.05) is 0 Å². The molecule has 50 valence electrons. The second kappa shape index (κ2) is 3.96. The Bertz CT molecular complexity index is 46.5. The zero-order valence-corrected chi connectivity index (χ0v) is 5.36. The van der Waals surface area contributed by atoms with Crippen LogP contribution in [-0.2, 0) is 0 Å². The smallest absolute Gasteiger partial charge is 0.0814 e. The third-order valence-electron chi connectivity index (χ3n) is 1.52. The molecule has 0 aromatic heterocycles. The lowest BCUT2D eigenvalue weighted by atomic mass is 10.0. The van der Waals surface area contributed by atoms with Gasteiger partial charge in [-0.05, 0) is 19.8 Å². The SMILES string of the molecule is B.CCC(C)(O)CC. The van der Waals surface area contributed by atoms with E-state index in [2.05, 4.69) is 0 Å². The molecule has 1 nitrogen and oxygen atoms in total. The summed E-state index contributed by atoms with van der Waals surface area (Å²) in [4.78, 5) is 0. The van der Waals surface area contributed by atoms with Gasteiger partial charge < -0.3 is 5.11 Å². The van der Waals surface area contributed by atoms with Gasteiger partial charge >= 0.3 is 0 Å². The maximum Gasteiger partial charge on any atom is 0.0814 e. The van der Waals surface area contributed by atoms with Gasteiger partial charge in [-0.3, -0.25) is 0 Å². The van der Waals surface area contributed by atoms with E-state index in [-0.39, 0.29) is 8.41 Å². The van der Waals surface area contributed by atoms with Gasteiger partial charge in [-0.15, -0.1) is 0 Å². The van der Waals surface area contributed by atoms with Crippen LogP contribution in [0.2, 0.25) is 0 Å². The third kappa shape index (κ3) is 4.19. The van der Waals surface area contributed by atoms with Crippen LogP contribution in [0.25, 0.3) is 0 Å². The minimum atomic E-state index is -0.417. The van der Waals surface area contributed by atoms with Crippen molar-refractivity contribution in [2.24, 2.45) is 0 Å². The van der Waals surface area contributed by atoms with Crippen molar-refractivity contribution in [1.29, 1.82) is 0 Å². The topological polar surface area (TPSA) is 20.2 Å². The summed E-state index contributed by atoms with van der Waals surface area (Å²) in [6.45, 7) is 5.83. The van der Waals surface area contributed by atoms with E-state index < -0.39 is 5.60 Å². The molecule has 0 fully saturated rings. The van der Waals surface area contributed by atoms with Gasteiger partial charge in [-0.25, -0.2) is 0 Å². The highest BCUT2D eigenvalue weighted by Crippen LogP contribution is 2.11. The molecule has 0 saturated heterocycles. The zero-order chi connectivity index (χ0) is 5.91. The maximum absolute atomic E-state index is 9.13. The van der Waals surface area contributed by atoms with E-state index in [4.69, 9.17) is 5.11 Å². The van der Waals surface area contributed by atoms with Crippen LogP contribution in [0.15, 0.2) is 0 Å². The van der Waals surface area contributed by atoms with E-state index >= 15 is 0 Å². The largest absolute Gasteiger partial charge is 0.390 e. The molecule has 0 heterocycles. The van der Waals surface area contributed by atoms with Gasteiger partial charge in [-0.1, -0.05) is 13.8 Å². The predicted molar refractivity (Wildman–Crippen MR) is 41.1 cm³/mol. The van der Waals surface area contributed by atoms with Gasteiger partial charge in [0, 0.05) is 0 Å². The van der Waals surface area contributed by atoms with Gasteiger partial charge in [-0.2, -0.15) is 0 Å². The maximum atomic E-state index is 9.13. The zero-order valence-electron chi connectivity index (χ0n) is 5.36. The van der Waals surface area contributed by atoms with E-state index in [1.165, 1.54) is 0 Å². The number of hydrogen-bond donors (Lipinski definition) is 1. The summed E-state index contributed by atoms with van der Waals surface area (Å²) in [5.74, 6) is 0. The molecule has 0 aromatic carbocycles. The van der Waals surface area contributed by atoms with Crippen LogP contribution in [0.5, 0.6) is 0 Å². The number of aliphatic hydroxyl groups is 1. The Hall–Kier alpha value is 0.0249. The average Bonchev–Trinajstić information content (AvgIpc) is 1.68. The third-order valence-corrected chi connectivity index (χ3v) is 1.52. The Balaban J connectivity index is 0. The van der Waals surface area contributed by atoms with E-state index in [1.807, 2.05) is 20.8 Å². The lowest BCUT2D eigenvalue weighted by Crippen LogP contribution is -2.20. The minimum Gasteiger partial charge on any atom is -0.390 e. The van der Waals surface area contributed by atoms with Crippen LogP contribution in [0.4, 0.5) is 0 Å². The molecule has 0 aromatic rings. The average molecular weight is 116 g/mol. The molecule has 2 heteroatoms. The second-order valence-corrected chi connectivity index (χ2v) is 2.20. The molecule has 8 heavy (non-hydrogen) atoms. The van der Waals surface area contributed by atoms with Crippen LogP contribution < -0.4 is 0 Å². The van der Waals surface area contributed by atoms with Gasteiger partial charge in [0.15, 0.2) is 0 Å². The molecule has 0 saturated carbocycles. The normalized spacial score (nSPS) is 10.5. The predicted octanol–water partition coefficient (Wildman–Crippen LogP) is 0.373. The van der Waals surface area contributed by atoms with Crippen molar-refractivity contribution in [3.05, 3.63) is 0 Å². The molecule has 0 unspecified atom stereocenters. The van der Waals surface area contributed by atoms with E-state index in [0.29, 0.717) is 0 Å². The Morgan fingerprint density at radius 1 is 1.25 bits per heavy atom. The summed E-state index contributed by atoms with van der Waals surface area (Å²) in [5.41, 5.74) is -0.417. The van der Waals surface area contributed by atoms with Crippen LogP contribution >= 0.6 is 0 Å². The number of rotatable bonds is 2. The van der Waals surface area contributed by atoms with Gasteiger partial charge in [0.05, 0.1) is 14.0 Å². The van der Waals surface area contributed by atoms with E-state index in [9.17, 15) is 0 Å². The fraction of sp³-hybridized carbons (Fsp3) is 1.00. The monoisotopic (exact) mass is 116 g/mol. The van der Waals surface area contributed by atoms with E-state index in [0.717, 1.165) is 12.8 Å². The van der Waals surface area contributed by atoms with Gasteiger partial charge in [0.1, 0.15) is 0 Å². The summed E-state index contributed by atoms with van der Waals surface area (Å²) in [5, 5.41) is 9.13.